The number of esters is 1. The average molecular weight is 470 g/mol. The summed E-state index contributed by atoms with van der Waals surface area (Å²) in [6.07, 6.45) is 4.16. The maximum atomic E-state index is 13.5. The normalized spacial score (nSPS) is 16.8. The molecule has 1 atom stereocenters. The predicted molar refractivity (Wildman–Crippen MR) is 131 cm³/mol. The van der Waals surface area contributed by atoms with E-state index in [0.29, 0.717) is 13.2 Å². The Kier molecular flexibility index (Phi) is 7.00. The smallest absolute Gasteiger partial charge is 0.344 e. The summed E-state index contributed by atoms with van der Waals surface area (Å²) in [6, 6.07) is 5.95. The highest BCUT2D eigenvalue weighted by Gasteiger charge is 2.35. The Morgan fingerprint density at radius 2 is 2.03 bits per heavy atom. The van der Waals surface area contributed by atoms with Crippen LogP contribution in [0.5, 0.6) is 5.75 Å². The van der Waals surface area contributed by atoms with Crippen LogP contribution in [0, 0.1) is 0 Å². The minimum absolute atomic E-state index is 0.0691. The summed E-state index contributed by atoms with van der Waals surface area (Å²) in [4.78, 5) is 27.3. The van der Waals surface area contributed by atoms with Gasteiger partial charge in [0, 0.05) is 47.5 Å². The standard InChI is InChI=1S/C26H31NO5S/c1-6-17-12-20-23(14-22(17)31-11-7-10-30-5)33-16(4)19-13-21(26(29)32-15(2)3)25(28)27(24(19)20)18-8-9-18/h6,12-16,18H,1,7-11H2,2-5H3. The molecule has 1 saturated carbocycles. The zero-order valence-corrected chi connectivity index (χ0v) is 20.5. The van der Waals surface area contributed by atoms with Gasteiger partial charge in [-0.15, -0.1) is 11.8 Å². The Bertz CT molecular complexity index is 1130. The molecular weight excluding hydrogens is 438 g/mol. The molecule has 2 heterocycles. The van der Waals surface area contributed by atoms with E-state index in [1.54, 1.807) is 44.9 Å². The number of carbonyl (C=O) groups is 1. The molecule has 0 bridgehead atoms. The minimum Gasteiger partial charge on any atom is -0.493 e. The third-order valence-electron chi connectivity index (χ3n) is 5.82. The van der Waals surface area contributed by atoms with Crippen molar-refractivity contribution in [1.82, 2.24) is 4.57 Å². The number of hydrogen-bond donors (Lipinski definition) is 0. The highest BCUT2D eigenvalue weighted by molar-refractivity contribution is 7.99. The van der Waals surface area contributed by atoms with Crippen molar-refractivity contribution in [2.24, 2.45) is 0 Å². The van der Waals surface area contributed by atoms with E-state index in [-0.39, 0.29) is 28.5 Å². The third-order valence-corrected chi connectivity index (χ3v) is 7.02. The van der Waals surface area contributed by atoms with Crippen LogP contribution in [0.4, 0.5) is 0 Å². The van der Waals surface area contributed by atoms with Crippen molar-refractivity contribution in [3.05, 3.63) is 51.8 Å². The topological polar surface area (TPSA) is 66.8 Å². The predicted octanol–water partition coefficient (Wildman–Crippen LogP) is 5.64. The second kappa shape index (κ2) is 9.77. The van der Waals surface area contributed by atoms with Crippen LogP contribution >= 0.6 is 11.8 Å². The van der Waals surface area contributed by atoms with Crippen molar-refractivity contribution in [2.45, 2.75) is 62.3 Å². The van der Waals surface area contributed by atoms with Crippen LogP contribution in [-0.2, 0) is 9.47 Å². The highest BCUT2D eigenvalue weighted by Crippen LogP contribution is 2.52. The van der Waals surface area contributed by atoms with Gasteiger partial charge in [0.05, 0.1) is 18.4 Å². The van der Waals surface area contributed by atoms with Gasteiger partial charge in [0.1, 0.15) is 11.3 Å². The van der Waals surface area contributed by atoms with Gasteiger partial charge in [0.25, 0.3) is 5.56 Å². The number of nitrogens with zero attached hydrogens (tertiary/aromatic N) is 1. The molecule has 1 fully saturated rings. The number of fused-ring (bicyclic) bond motifs is 3. The van der Waals surface area contributed by atoms with Gasteiger partial charge in [0.2, 0.25) is 0 Å². The first-order chi connectivity index (χ1) is 15.8. The van der Waals surface area contributed by atoms with Crippen LogP contribution in [0.25, 0.3) is 17.3 Å². The van der Waals surface area contributed by atoms with Crippen LogP contribution in [-0.4, -0.2) is 37.0 Å². The summed E-state index contributed by atoms with van der Waals surface area (Å²) >= 11 is 1.71. The maximum Gasteiger partial charge on any atom is 0.344 e. The summed E-state index contributed by atoms with van der Waals surface area (Å²) in [6.45, 7) is 10.8. The van der Waals surface area contributed by atoms with E-state index in [0.717, 1.165) is 52.3 Å². The lowest BCUT2D eigenvalue weighted by atomic mass is 9.97. The van der Waals surface area contributed by atoms with E-state index in [1.165, 1.54) is 0 Å². The summed E-state index contributed by atoms with van der Waals surface area (Å²) < 4.78 is 18.3. The number of hydrogen-bond acceptors (Lipinski definition) is 6. The molecule has 33 heavy (non-hydrogen) atoms. The van der Waals surface area contributed by atoms with E-state index in [9.17, 15) is 9.59 Å². The van der Waals surface area contributed by atoms with Crippen LogP contribution in [0.15, 0.2) is 34.5 Å². The quantitative estimate of drug-likeness (QED) is 0.350. The van der Waals surface area contributed by atoms with Crippen LogP contribution < -0.4 is 10.3 Å². The molecule has 2 aliphatic rings. The molecule has 0 saturated heterocycles. The minimum atomic E-state index is -0.554. The largest absolute Gasteiger partial charge is 0.493 e. The molecule has 0 amide bonds. The van der Waals surface area contributed by atoms with Crippen LogP contribution in [0.2, 0.25) is 0 Å². The number of pyridine rings is 1. The van der Waals surface area contributed by atoms with Crippen LogP contribution in [0.3, 0.4) is 0 Å². The molecule has 7 heteroatoms. The molecule has 176 valence electrons. The molecule has 2 aromatic rings. The summed E-state index contributed by atoms with van der Waals surface area (Å²) in [5.74, 6) is 0.224. The first kappa shape index (κ1) is 23.6. The van der Waals surface area contributed by atoms with Gasteiger partial charge in [-0.25, -0.2) is 4.79 Å². The van der Waals surface area contributed by atoms with Gasteiger partial charge in [-0.3, -0.25) is 4.79 Å². The maximum absolute atomic E-state index is 13.5. The summed E-state index contributed by atoms with van der Waals surface area (Å²) in [7, 11) is 1.68. The number of methoxy groups -OCH3 is 1. The molecule has 0 radical (unpaired) electrons. The summed E-state index contributed by atoms with van der Waals surface area (Å²) in [5, 5.41) is 0.0691. The lowest BCUT2D eigenvalue weighted by molar-refractivity contribution is 0.0375. The zero-order chi connectivity index (χ0) is 23.7. The van der Waals surface area contributed by atoms with E-state index in [1.807, 2.05) is 10.6 Å². The Morgan fingerprint density at radius 1 is 1.27 bits per heavy atom. The SMILES string of the molecule is C=Cc1cc2c(cc1OCCCOC)SC(C)c1cc(C(=O)OC(C)C)c(=O)n(C3CC3)c1-2. The lowest BCUT2D eigenvalue weighted by Gasteiger charge is -2.29. The number of rotatable bonds is 9. The first-order valence-electron chi connectivity index (χ1n) is 11.4. The molecule has 4 rings (SSSR count). The molecule has 0 N–H and O–H groups in total. The molecule has 1 aromatic carbocycles. The van der Waals surface area contributed by atoms with Gasteiger partial charge in [-0.05, 0) is 57.4 Å². The monoisotopic (exact) mass is 469 g/mol. The molecule has 1 aliphatic carbocycles. The van der Waals surface area contributed by atoms with E-state index >= 15 is 0 Å². The molecule has 1 aromatic heterocycles. The van der Waals surface area contributed by atoms with E-state index in [2.05, 4.69) is 19.6 Å². The second-order valence-electron chi connectivity index (χ2n) is 8.77. The Labute approximate surface area is 198 Å². The van der Waals surface area contributed by atoms with Gasteiger partial charge in [0.15, 0.2) is 0 Å². The van der Waals surface area contributed by atoms with Gasteiger partial charge < -0.3 is 18.8 Å². The Hall–Kier alpha value is -2.51. The van der Waals surface area contributed by atoms with Crippen molar-refractivity contribution in [1.29, 1.82) is 0 Å². The average Bonchev–Trinajstić information content (AvgIpc) is 3.60. The number of ether oxygens (including phenoxy) is 3. The van der Waals surface area contributed by atoms with Crippen molar-refractivity contribution in [3.8, 4) is 17.0 Å². The van der Waals surface area contributed by atoms with Crippen LogP contribution in [0.1, 0.15) is 72.8 Å². The Morgan fingerprint density at radius 3 is 2.67 bits per heavy atom. The number of aromatic nitrogens is 1. The third kappa shape index (κ3) is 4.75. The van der Waals surface area contributed by atoms with Crippen molar-refractivity contribution < 1.29 is 19.0 Å². The number of benzene rings is 1. The number of thioether (sulfide) groups is 1. The molecule has 0 spiro atoms. The van der Waals surface area contributed by atoms with E-state index in [4.69, 9.17) is 14.2 Å². The fraction of sp³-hybridized carbons (Fsp3) is 0.462. The molecule has 1 aliphatic heterocycles. The Balaban J connectivity index is 1.84. The van der Waals surface area contributed by atoms with Gasteiger partial charge in [-0.2, -0.15) is 0 Å². The fourth-order valence-corrected chi connectivity index (χ4v) is 5.29. The highest BCUT2D eigenvalue weighted by atomic mass is 32.2. The van der Waals surface area contributed by atoms with Crippen molar-refractivity contribution in [2.75, 3.05) is 20.3 Å². The second-order valence-corrected chi connectivity index (χ2v) is 10.2. The van der Waals surface area contributed by atoms with Gasteiger partial charge >= 0.3 is 5.97 Å². The molecular formula is C26H31NO5S. The van der Waals surface area contributed by atoms with Crippen molar-refractivity contribution >= 4 is 23.8 Å². The first-order valence-corrected chi connectivity index (χ1v) is 12.3. The molecule has 1 unspecified atom stereocenters. The molecule has 6 nitrogen and oxygen atoms in total. The lowest BCUT2D eigenvalue weighted by Crippen LogP contribution is -2.31. The van der Waals surface area contributed by atoms with Gasteiger partial charge in [-0.1, -0.05) is 12.7 Å². The van der Waals surface area contributed by atoms with E-state index < -0.39 is 5.97 Å². The van der Waals surface area contributed by atoms with Crippen molar-refractivity contribution in [3.63, 3.8) is 0 Å². The number of carbonyl (C=O) groups excluding carboxylic acids is 1. The summed E-state index contributed by atoms with van der Waals surface area (Å²) in [5.41, 5.74) is 3.60. The fourth-order valence-electron chi connectivity index (χ4n) is 4.14. The zero-order valence-electron chi connectivity index (χ0n) is 19.7.